The molecule has 0 saturated heterocycles. The number of rotatable bonds is 4. The maximum absolute atomic E-state index is 12.8. The van der Waals surface area contributed by atoms with Gasteiger partial charge in [-0.05, 0) is 52.2 Å². The number of carbonyl (C=O) groups is 1. The first kappa shape index (κ1) is 16.5. The highest BCUT2D eigenvalue weighted by Gasteiger charge is 2.29. The van der Waals surface area contributed by atoms with Crippen LogP contribution in [0.5, 0.6) is 0 Å². The lowest BCUT2D eigenvalue weighted by atomic mass is 10.1. The van der Waals surface area contributed by atoms with E-state index < -0.39 is 15.8 Å². The number of aryl methyl sites for hydroxylation is 1. The van der Waals surface area contributed by atoms with Crippen molar-refractivity contribution in [3.8, 4) is 0 Å². The van der Waals surface area contributed by atoms with Crippen molar-refractivity contribution in [2.75, 3.05) is 5.73 Å². The van der Waals surface area contributed by atoms with Crippen LogP contribution >= 0.6 is 15.9 Å². The van der Waals surface area contributed by atoms with Crippen molar-refractivity contribution in [1.82, 2.24) is 0 Å². The zero-order valence-corrected chi connectivity index (χ0v) is 14.1. The summed E-state index contributed by atoms with van der Waals surface area (Å²) in [7, 11) is -4.05. The van der Waals surface area contributed by atoms with E-state index in [1.165, 1.54) is 18.2 Å². The van der Waals surface area contributed by atoms with Gasteiger partial charge in [-0.25, -0.2) is 13.2 Å². The van der Waals surface area contributed by atoms with Gasteiger partial charge in [0.1, 0.15) is 4.90 Å². The van der Waals surface area contributed by atoms with Crippen LogP contribution in [-0.4, -0.2) is 19.5 Å². The zero-order chi connectivity index (χ0) is 16.5. The van der Waals surface area contributed by atoms with Crippen LogP contribution in [0.2, 0.25) is 0 Å². The number of sulfone groups is 1. The van der Waals surface area contributed by atoms with Gasteiger partial charge in [0, 0.05) is 4.47 Å². The molecule has 2 rings (SSSR count). The first-order chi connectivity index (χ1) is 10.3. The highest BCUT2D eigenvalue weighted by Crippen LogP contribution is 2.34. The molecule has 0 bridgehead atoms. The Hall–Kier alpha value is -1.86. The minimum Gasteiger partial charge on any atom is -0.478 e. The molecule has 0 aliphatic carbocycles. The van der Waals surface area contributed by atoms with E-state index in [9.17, 15) is 18.3 Å². The summed E-state index contributed by atoms with van der Waals surface area (Å²) in [6, 6.07) is 9.06. The van der Waals surface area contributed by atoms with Crippen molar-refractivity contribution in [3.63, 3.8) is 0 Å². The van der Waals surface area contributed by atoms with Crippen LogP contribution in [0.3, 0.4) is 0 Å². The van der Waals surface area contributed by atoms with Gasteiger partial charge >= 0.3 is 5.97 Å². The predicted molar refractivity (Wildman–Crippen MR) is 86.8 cm³/mol. The molecule has 0 saturated carbocycles. The van der Waals surface area contributed by atoms with Crippen molar-refractivity contribution < 1.29 is 18.3 Å². The standard InChI is InChI=1S/C15H14BrNO4S/c1-2-9-7-10(15(18)19)14(12(17)8-9)22(20,21)13-6-4-3-5-11(13)16/h3-8H,2,17H2,1H3,(H,18,19). The van der Waals surface area contributed by atoms with Gasteiger partial charge in [0.05, 0.1) is 16.1 Å². The van der Waals surface area contributed by atoms with Crippen LogP contribution in [-0.2, 0) is 16.3 Å². The summed E-state index contributed by atoms with van der Waals surface area (Å²) in [6.45, 7) is 1.84. The van der Waals surface area contributed by atoms with E-state index >= 15 is 0 Å². The van der Waals surface area contributed by atoms with Gasteiger partial charge in [0.25, 0.3) is 0 Å². The molecule has 0 aliphatic rings. The van der Waals surface area contributed by atoms with Crippen LogP contribution in [0.25, 0.3) is 0 Å². The maximum atomic E-state index is 12.8. The lowest BCUT2D eigenvalue weighted by molar-refractivity contribution is 0.0692. The molecule has 0 atom stereocenters. The molecule has 0 unspecified atom stereocenters. The maximum Gasteiger partial charge on any atom is 0.337 e. The Kier molecular flexibility index (Phi) is 4.58. The quantitative estimate of drug-likeness (QED) is 0.790. The summed E-state index contributed by atoms with van der Waals surface area (Å²) >= 11 is 3.18. The van der Waals surface area contributed by atoms with Crippen LogP contribution in [0.4, 0.5) is 5.69 Å². The fourth-order valence-electron chi connectivity index (χ4n) is 2.15. The van der Waals surface area contributed by atoms with Gasteiger partial charge in [-0.2, -0.15) is 0 Å². The number of hydrogen-bond donors (Lipinski definition) is 2. The molecule has 7 heteroatoms. The molecule has 0 aliphatic heterocycles. The number of nitrogen functional groups attached to an aromatic ring is 1. The second-order valence-corrected chi connectivity index (χ2v) is 7.36. The van der Waals surface area contributed by atoms with Crippen LogP contribution in [0.15, 0.2) is 50.7 Å². The molecule has 0 fully saturated rings. The normalized spacial score (nSPS) is 11.4. The molecule has 0 aromatic heterocycles. The molecule has 3 N–H and O–H groups in total. The largest absolute Gasteiger partial charge is 0.478 e. The third-order valence-corrected chi connectivity index (χ3v) is 6.09. The number of hydrogen-bond acceptors (Lipinski definition) is 4. The Labute approximate surface area is 136 Å². The molecule has 0 spiro atoms. The number of carboxylic acids is 1. The molecule has 22 heavy (non-hydrogen) atoms. The smallest absolute Gasteiger partial charge is 0.337 e. The summed E-state index contributed by atoms with van der Waals surface area (Å²) < 4.78 is 26.0. The van der Waals surface area contributed by atoms with Gasteiger partial charge in [-0.1, -0.05) is 19.1 Å². The van der Waals surface area contributed by atoms with Crippen molar-refractivity contribution in [1.29, 1.82) is 0 Å². The van der Waals surface area contributed by atoms with E-state index in [0.717, 1.165) is 0 Å². The summed E-state index contributed by atoms with van der Waals surface area (Å²) in [4.78, 5) is 11.1. The van der Waals surface area contributed by atoms with Gasteiger partial charge in [0.15, 0.2) is 0 Å². The summed E-state index contributed by atoms with van der Waals surface area (Å²) in [5.74, 6) is -1.33. The van der Waals surface area contributed by atoms with Crippen LogP contribution in [0.1, 0.15) is 22.8 Å². The van der Waals surface area contributed by atoms with E-state index in [2.05, 4.69) is 15.9 Å². The molecular weight excluding hydrogens is 370 g/mol. The lowest BCUT2D eigenvalue weighted by Gasteiger charge is -2.13. The van der Waals surface area contributed by atoms with Crippen molar-refractivity contribution in [2.24, 2.45) is 0 Å². The number of benzene rings is 2. The van der Waals surface area contributed by atoms with E-state index in [1.54, 1.807) is 18.2 Å². The molecule has 2 aromatic rings. The summed E-state index contributed by atoms with van der Waals surface area (Å²) in [6.07, 6.45) is 0.555. The highest BCUT2D eigenvalue weighted by molar-refractivity contribution is 9.10. The molecule has 5 nitrogen and oxygen atoms in total. The van der Waals surface area contributed by atoms with E-state index in [0.29, 0.717) is 16.5 Å². The van der Waals surface area contributed by atoms with Gasteiger partial charge in [0.2, 0.25) is 9.84 Å². The molecule has 0 heterocycles. The van der Waals surface area contributed by atoms with Gasteiger partial charge in [-0.15, -0.1) is 0 Å². The number of carboxylic acid groups (broad SMARTS) is 1. The first-order valence-corrected chi connectivity index (χ1v) is 8.72. The third-order valence-electron chi connectivity index (χ3n) is 3.21. The Balaban J connectivity index is 2.82. The molecule has 0 amide bonds. The first-order valence-electron chi connectivity index (χ1n) is 6.44. The predicted octanol–water partition coefficient (Wildman–Crippen LogP) is 3.12. The van der Waals surface area contributed by atoms with Crippen molar-refractivity contribution in [2.45, 2.75) is 23.1 Å². The fourth-order valence-corrected chi connectivity index (χ4v) is 4.68. The SMILES string of the molecule is CCc1cc(N)c(S(=O)(=O)c2ccccc2Br)c(C(=O)O)c1. The topological polar surface area (TPSA) is 97.5 Å². The van der Waals surface area contributed by atoms with E-state index in [1.807, 2.05) is 6.92 Å². The Morgan fingerprint density at radius 3 is 2.45 bits per heavy atom. The second-order valence-electron chi connectivity index (χ2n) is 4.65. The summed E-state index contributed by atoms with van der Waals surface area (Å²) in [5.41, 5.74) is 6.14. The number of halogens is 1. The number of aromatic carboxylic acids is 1. The number of nitrogens with two attached hydrogens (primary N) is 1. The molecular formula is C15H14BrNO4S. The average molecular weight is 384 g/mol. The van der Waals surface area contributed by atoms with Crippen LogP contribution in [0, 0.1) is 0 Å². The monoisotopic (exact) mass is 383 g/mol. The summed E-state index contributed by atoms with van der Waals surface area (Å²) in [5, 5.41) is 9.36. The Morgan fingerprint density at radius 1 is 1.27 bits per heavy atom. The molecule has 0 radical (unpaired) electrons. The van der Waals surface area contributed by atoms with E-state index in [-0.39, 0.29) is 21.0 Å². The van der Waals surface area contributed by atoms with E-state index in [4.69, 9.17) is 5.73 Å². The highest BCUT2D eigenvalue weighted by atomic mass is 79.9. The van der Waals surface area contributed by atoms with Crippen molar-refractivity contribution >= 4 is 37.4 Å². The number of anilines is 1. The lowest BCUT2D eigenvalue weighted by Crippen LogP contribution is -2.13. The van der Waals surface area contributed by atoms with Gasteiger partial charge < -0.3 is 10.8 Å². The molecule has 116 valence electrons. The van der Waals surface area contributed by atoms with Crippen molar-refractivity contribution in [3.05, 3.63) is 52.0 Å². The second kappa shape index (κ2) is 6.10. The molecule has 2 aromatic carbocycles. The minimum absolute atomic E-state index is 0.0200. The van der Waals surface area contributed by atoms with Crippen LogP contribution < -0.4 is 5.73 Å². The van der Waals surface area contributed by atoms with Gasteiger partial charge in [-0.3, -0.25) is 0 Å². The minimum atomic E-state index is -4.05. The Bertz CT molecular complexity index is 847. The third kappa shape index (κ3) is 2.86. The zero-order valence-electron chi connectivity index (χ0n) is 11.7. The Morgan fingerprint density at radius 2 is 1.91 bits per heavy atom. The average Bonchev–Trinajstić information content (AvgIpc) is 2.46. The fraction of sp³-hybridized carbons (Fsp3) is 0.133.